The van der Waals surface area contributed by atoms with Gasteiger partial charge in [0, 0.05) is 6.42 Å². The second-order valence-electron chi connectivity index (χ2n) is 3.38. The summed E-state index contributed by atoms with van der Waals surface area (Å²) in [6, 6.07) is 2.28. The third kappa shape index (κ3) is 2.05. The average molecular weight is 355 g/mol. The molecule has 0 bridgehead atoms. The molecule has 4 nitrogen and oxygen atoms in total. The molecule has 1 amide bonds. The second-order valence-corrected chi connectivity index (χ2v) is 6.62. The van der Waals surface area contributed by atoms with Crippen molar-refractivity contribution < 1.29 is 17.6 Å². The van der Waals surface area contributed by atoms with Crippen LogP contribution in [-0.4, -0.2) is 20.1 Å². The zero-order valence-corrected chi connectivity index (χ0v) is 10.9. The van der Waals surface area contributed by atoms with Gasteiger partial charge in [-0.05, 0) is 34.7 Å². The van der Waals surface area contributed by atoms with Gasteiger partial charge in [-0.3, -0.25) is 4.79 Å². The highest BCUT2D eigenvalue weighted by Crippen LogP contribution is 2.29. The zero-order chi connectivity index (χ0) is 11.9. The van der Waals surface area contributed by atoms with Gasteiger partial charge in [-0.1, -0.05) is 0 Å². The quantitative estimate of drug-likeness (QED) is 0.719. The summed E-state index contributed by atoms with van der Waals surface area (Å²) in [4.78, 5) is 11.1. The Morgan fingerprint density at radius 2 is 2.06 bits per heavy atom. The summed E-state index contributed by atoms with van der Waals surface area (Å²) in [5.41, 5.74) is 0.160. The molecule has 86 valence electrons. The molecule has 1 aliphatic heterocycles. The van der Waals surface area contributed by atoms with Crippen LogP contribution in [0.15, 0.2) is 17.0 Å². The molecule has 0 unspecified atom stereocenters. The van der Waals surface area contributed by atoms with Gasteiger partial charge < -0.3 is 5.32 Å². The van der Waals surface area contributed by atoms with Crippen LogP contribution in [-0.2, 0) is 14.6 Å². The zero-order valence-electron chi connectivity index (χ0n) is 7.96. The van der Waals surface area contributed by atoms with Crippen LogP contribution in [0, 0.1) is 9.39 Å². The number of anilines is 1. The summed E-state index contributed by atoms with van der Waals surface area (Å²) in [6.07, 6.45) is -0.102. The molecule has 0 saturated carbocycles. The molecule has 1 aromatic carbocycles. The molecule has 7 heteroatoms. The highest BCUT2D eigenvalue weighted by molar-refractivity contribution is 14.1. The molecule has 1 heterocycles. The van der Waals surface area contributed by atoms with Crippen LogP contribution in [0.5, 0.6) is 0 Å². The van der Waals surface area contributed by atoms with Crippen LogP contribution >= 0.6 is 22.6 Å². The normalized spacial score (nSPS) is 18.5. The van der Waals surface area contributed by atoms with Crippen LogP contribution in [0.4, 0.5) is 10.1 Å². The van der Waals surface area contributed by atoms with Crippen molar-refractivity contribution in [2.24, 2.45) is 0 Å². The Balaban J connectivity index is 2.71. The number of benzene rings is 1. The van der Waals surface area contributed by atoms with E-state index >= 15 is 0 Å². The molecule has 0 radical (unpaired) electrons. The van der Waals surface area contributed by atoms with Crippen molar-refractivity contribution in [3.63, 3.8) is 0 Å². The van der Waals surface area contributed by atoms with E-state index in [1.807, 2.05) is 0 Å². The van der Waals surface area contributed by atoms with Gasteiger partial charge in [0.1, 0.15) is 5.82 Å². The molecule has 0 fully saturated rings. The Hall–Kier alpha value is -0.700. The molecule has 1 aromatic rings. The van der Waals surface area contributed by atoms with Crippen molar-refractivity contribution in [2.45, 2.75) is 11.3 Å². The number of hydrogen-bond acceptors (Lipinski definition) is 3. The average Bonchev–Trinajstić information content (AvgIpc) is 2.29. The number of hydrogen-bond donors (Lipinski definition) is 1. The summed E-state index contributed by atoms with van der Waals surface area (Å²) in [5, 5.41) is 2.46. The van der Waals surface area contributed by atoms with Crippen molar-refractivity contribution in [2.75, 3.05) is 11.1 Å². The fraction of sp³-hybridized carbons (Fsp3) is 0.222. The molecular formula is C9H7FINO3S. The van der Waals surface area contributed by atoms with E-state index in [9.17, 15) is 17.6 Å². The van der Waals surface area contributed by atoms with Gasteiger partial charge in [0.05, 0.1) is 19.9 Å². The number of halogens is 2. The Bertz CT molecular complexity index is 570. The predicted octanol–water partition coefficient (Wildman–Crippen LogP) is 1.55. The van der Waals surface area contributed by atoms with Crippen molar-refractivity contribution in [1.29, 1.82) is 0 Å². The Labute approximate surface area is 105 Å². The first-order chi connectivity index (χ1) is 7.40. The molecule has 0 aromatic heterocycles. The summed E-state index contributed by atoms with van der Waals surface area (Å²) in [7, 11) is -3.58. The van der Waals surface area contributed by atoms with E-state index in [2.05, 4.69) is 5.32 Å². The number of nitrogens with one attached hydrogen (secondary N) is 1. The first-order valence-electron chi connectivity index (χ1n) is 4.42. The van der Waals surface area contributed by atoms with Crippen LogP contribution in [0.1, 0.15) is 6.42 Å². The second kappa shape index (κ2) is 3.95. The van der Waals surface area contributed by atoms with Crippen molar-refractivity contribution in [3.05, 3.63) is 21.5 Å². The molecule has 0 aliphatic carbocycles. The summed E-state index contributed by atoms with van der Waals surface area (Å²) >= 11 is 1.74. The molecule has 1 N–H and O–H groups in total. The lowest BCUT2D eigenvalue weighted by Crippen LogP contribution is -2.11. The molecule has 0 saturated heterocycles. The van der Waals surface area contributed by atoms with Crippen LogP contribution in [0.2, 0.25) is 0 Å². The SMILES string of the molecule is O=C1CCS(=O)(=O)c2cc(F)c(I)cc2N1. The van der Waals surface area contributed by atoms with Crippen molar-refractivity contribution >= 4 is 44.0 Å². The van der Waals surface area contributed by atoms with Crippen LogP contribution in [0.25, 0.3) is 0 Å². The first-order valence-corrected chi connectivity index (χ1v) is 7.15. The Morgan fingerprint density at radius 3 is 2.75 bits per heavy atom. The fourth-order valence-electron chi connectivity index (χ4n) is 1.43. The minimum Gasteiger partial charge on any atom is -0.325 e. The molecule has 0 spiro atoms. The third-order valence-electron chi connectivity index (χ3n) is 2.23. The van der Waals surface area contributed by atoms with E-state index in [1.54, 1.807) is 22.6 Å². The molecule has 2 rings (SSSR count). The van der Waals surface area contributed by atoms with E-state index in [4.69, 9.17) is 0 Å². The van der Waals surface area contributed by atoms with Crippen molar-refractivity contribution in [1.82, 2.24) is 0 Å². The van der Waals surface area contributed by atoms with Crippen molar-refractivity contribution in [3.8, 4) is 0 Å². The standard InChI is InChI=1S/C9H7FINO3S/c10-5-3-8-7(4-6(5)11)12-9(13)1-2-16(8,14)15/h3-4H,1-2H2,(H,12,13). The summed E-state index contributed by atoms with van der Waals surface area (Å²) in [6.45, 7) is 0. The van der Waals surface area contributed by atoms with E-state index < -0.39 is 15.7 Å². The van der Waals surface area contributed by atoms with Gasteiger partial charge in [-0.15, -0.1) is 0 Å². The van der Waals surface area contributed by atoms with E-state index in [0.717, 1.165) is 6.07 Å². The molecule has 16 heavy (non-hydrogen) atoms. The summed E-state index contributed by atoms with van der Waals surface area (Å²) in [5.74, 6) is -1.25. The van der Waals surface area contributed by atoms with Gasteiger partial charge in [0.15, 0.2) is 9.84 Å². The van der Waals surface area contributed by atoms with E-state index in [-0.39, 0.29) is 32.2 Å². The number of sulfone groups is 1. The number of fused-ring (bicyclic) bond motifs is 1. The smallest absolute Gasteiger partial charge is 0.225 e. The van der Waals surface area contributed by atoms with Gasteiger partial charge >= 0.3 is 0 Å². The largest absolute Gasteiger partial charge is 0.325 e. The monoisotopic (exact) mass is 355 g/mol. The minimum atomic E-state index is -3.58. The lowest BCUT2D eigenvalue weighted by Gasteiger charge is -2.07. The molecular weight excluding hydrogens is 348 g/mol. The van der Waals surface area contributed by atoms with E-state index in [0.29, 0.717) is 0 Å². The number of carbonyl (C=O) groups excluding carboxylic acids is 1. The number of amides is 1. The maximum atomic E-state index is 13.3. The maximum absolute atomic E-state index is 13.3. The highest BCUT2D eigenvalue weighted by Gasteiger charge is 2.26. The fourth-order valence-corrected chi connectivity index (χ4v) is 3.30. The van der Waals surface area contributed by atoms with E-state index in [1.165, 1.54) is 6.07 Å². The topological polar surface area (TPSA) is 63.2 Å². The maximum Gasteiger partial charge on any atom is 0.225 e. The van der Waals surface area contributed by atoms with Gasteiger partial charge in [0.2, 0.25) is 5.91 Å². The van der Waals surface area contributed by atoms with Gasteiger partial charge in [0.25, 0.3) is 0 Å². The third-order valence-corrected chi connectivity index (χ3v) is 4.81. The van der Waals surface area contributed by atoms with Gasteiger partial charge in [-0.25, -0.2) is 12.8 Å². The number of rotatable bonds is 0. The first kappa shape index (κ1) is 11.8. The van der Waals surface area contributed by atoms with Crippen LogP contribution in [0.3, 0.4) is 0 Å². The number of carbonyl (C=O) groups is 1. The predicted molar refractivity (Wildman–Crippen MR) is 64.4 cm³/mol. The minimum absolute atomic E-state index is 0.102. The molecule has 1 aliphatic rings. The molecule has 0 atom stereocenters. The lowest BCUT2D eigenvalue weighted by molar-refractivity contribution is -0.115. The highest BCUT2D eigenvalue weighted by atomic mass is 127. The van der Waals surface area contributed by atoms with Gasteiger partial charge in [-0.2, -0.15) is 0 Å². The lowest BCUT2D eigenvalue weighted by atomic mass is 10.3. The van der Waals surface area contributed by atoms with Crippen LogP contribution < -0.4 is 5.32 Å². The summed E-state index contributed by atoms with van der Waals surface area (Å²) < 4.78 is 37.0. The Kier molecular flexibility index (Phi) is 2.91. The Morgan fingerprint density at radius 1 is 1.38 bits per heavy atom.